The summed E-state index contributed by atoms with van der Waals surface area (Å²) >= 11 is 0. The summed E-state index contributed by atoms with van der Waals surface area (Å²) in [6.07, 6.45) is 7.66. The molecule has 1 unspecified atom stereocenters. The number of ketones is 1. The van der Waals surface area contributed by atoms with Crippen LogP contribution in [0.2, 0.25) is 0 Å². The fourth-order valence-corrected chi connectivity index (χ4v) is 4.34. The fourth-order valence-electron chi connectivity index (χ4n) is 4.34. The van der Waals surface area contributed by atoms with Crippen molar-refractivity contribution in [1.29, 1.82) is 0 Å². The minimum atomic E-state index is -0.832. The highest BCUT2D eigenvalue weighted by molar-refractivity contribution is 5.89. The number of fused-ring (bicyclic) bond motifs is 1. The SMILES string of the molecule is CCCCCCc1cc(-c2ccccc2)c2n1CCC2C(=O)CCCC(=O)O. The van der Waals surface area contributed by atoms with Crippen molar-refractivity contribution in [3.05, 3.63) is 47.8 Å². The fraction of sp³-hybridized carbons (Fsp3) is 0.500. The van der Waals surface area contributed by atoms with E-state index in [1.165, 1.54) is 36.9 Å². The minimum Gasteiger partial charge on any atom is -0.481 e. The van der Waals surface area contributed by atoms with Gasteiger partial charge < -0.3 is 9.67 Å². The lowest BCUT2D eigenvalue weighted by Gasteiger charge is -2.12. The van der Waals surface area contributed by atoms with Crippen molar-refractivity contribution < 1.29 is 14.7 Å². The Kier molecular flexibility index (Phi) is 7.07. The first-order valence-corrected chi connectivity index (χ1v) is 10.6. The number of aliphatic carboxylic acids is 1. The Morgan fingerprint density at radius 2 is 1.86 bits per heavy atom. The van der Waals surface area contributed by atoms with Gasteiger partial charge in [-0.1, -0.05) is 56.5 Å². The molecular formula is C24H31NO3. The van der Waals surface area contributed by atoms with Crippen molar-refractivity contribution in [2.45, 2.75) is 77.2 Å². The maximum absolute atomic E-state index is 12.9. The molecule has 1 N–H and O–H groups in total. The molecule has 3 rings (SSSR count). The number of Topliss-reactive ketones (excluding diaryl/α,β-unsaturated/α-hetero) is 1. The molecule has 1 aliphatic rings. The monoisotopic (exact) mass is 381 g/mol. The summed E-state index contributed by atoms with van der Waals surface area (Å²) in [6.45, 7) is 3.11. The molecular weight excluding hydrogens is 350 g/mol. The number of carboxylic acids is 1. The Hall–Kier alpha value is -2.36. The van der Waals surface area contributed by atoms with Gasteiger partial charge in [-0.2, -0.15) is 0 Å². The van der Waals surface area contributed by atoms with Crippen LogP contribution in [0.4, 0.5) is 0 Å². The molecule has 1 aliphatic heterocycles. The van der Waals surface area contributed by atoms with Gasteiger partial charge in [-0.15, -0.1) is 0 Å². The Morgan fingerprint density at radius 3 is 2.57 bits per heavy atom. The number of carboxylic acid groups (broad SMARTS) is 1. The van der Waals surface area contributed by atoms with Crippen LogP contribution in [0.3, 0.4) is 0 Å². The van der Waals surface area contributed by atoms with Gasteiger partial charge in [0, 0.05) is 36.3 Å². The summed E-state index contributed by atoms with van der Waals surface area (Å²) in [4.78, 5) is 23.6. The molecule has 1 aromatic heterocycles. The summed E-state index contributed by atoms with van der Waals surface area (Å²) in [7, 11) is 0. The van der Waals surface area contributed by atoms with Gasteiger partial charge in [-0.25, -0.2) is 0 Å². The molecule has 1 aromatic carbocycles. The largest absolute Gasteiger partial charge is 0.481 e. The minimum absolute atomic E-state index is 0.0632. The molecule has 0 saturated carbocycles. The molecule has 2 aromatic rings. The highest BCUT2D eigenvalue weighted by Crippen LogP contribution is 2.40. The summed E-state index contributed by atoms with van der Waals surface area (Å²) in [5.41, 5.74) is 4.83. The molecule has 1 atom stereocenters. The number of carbonyl (C=O) groups excluding carboxylic acids is 1. The topological polar surface area (TPSA) is 59.3 Å². The number of rotatable bonds is 11. The lowest BCUT2D eigenvalue weighted by molar-refractivity contribution is -0.137. The Balaban J connectivity index is 1.84. The summed E-state index contributed by atoms with van der Waals surface area (Å²) in [5.74, 6) is -0.747. The standard InChI is InChI=1S/C24H31NO3/c1-2-3-4-8-12-19-17-21(18-10-6-5-7-11-18)24-20(15-16-25(19)24)22(26)13-9-14-23(27)28/h5-7,10-11,17,20H,2-4,8-9,12-16H2,1H3,(H,27,28). The van der Waals surface area contributed by atoms with Gasteiger partial charge in [0.1, 0.15) is 5.78 Å². The summed E-state index contributed by atoms with van der Waals surface area (Å²) in [6, 6.07) is 12.6. The van der Waals surface area contributed by atoms with E-state index in [2.05, 4.69) is 29.7 Å². The molecule has 0 amide bonds. The van der Waals surface area contributed by atoms with Crippen LogP contribution in [0, 0.1) is 0 Å². The van der Waals surface area contributed by atoms with Crippen molar-refractivity contribution in [1.82, 2.24) is 4.57 Å². The molecule has 0 bridgehead atoms. The van der Waals surface area contributed by atoms with Gasteiger partial charge in [-0.3, -0.25) is 9.59 Å². The van der Waals surface area contributed by atoms with Crippen LogP contribution in [0.25, 0.3) is 11.1 Å². The first kappa shape index (κ1) is 20.4. The van der Waals surface area contributed by atoms with Crippen LogP contribution >= 0.6 is 0 Å². The highest BCUT2D eigenvalue weighted by Gasteiger charge is 2.33. The van der Waals surface area contributed by atoms with Gasteiger partial charge in [0.05, 0.1) is 5.92 Å². The number of aromatic nitrogens is 1. The van der Waals surface area contributed by atoms with E-state index < -0.39 is 5.97 Å². The summed E-state index contributed by atoms with van der Waals surface area (Å²) in [5, 5.41) is 8.85. The number of carbonyl (C=O) groups is 2. The molecule has 150 valence electrons. The van der Waals surface area contributed by atoms with Crippen LogP contribution in [0.5, 0.6) is 0 Å². The van der Waals surface area contributed by atoms with E-state index in [0.29, 0.717) is 12.8 Å². The molecule has 28 heavy (non-hydrogen) atoms. The molecule has 0 aliphatic carbocycles. The summed E-state index contributed by atoms with van der Waals surface area (Å²) < 4.78 is 2.37. The predicted octanol–water partition coefficient (Wildman–Crippen LogP) is 5.59. The number of nitrogens with zero attached hydrogens (tertiary/aromatic N) is 1. The van der Waals surface area contributed by atoms with Crippen LogP contribution in [0.15, 0.2) is 36.4 Å². The smallest absolute Gasteiger partial charge is 0.303 e. The van der Waals surface area contributed by atoms with Crippen LogP contribution in [-0.2, 0) is 22.6 Å². The molecule has 0 fully saturated rings. The average Bonchev–Trinajstić information content (AvgIpc) is 3.26. The molecule has 0 radical (unpaired) electrons. The third kappa shape index (κ3) is 4.73. The maximum Gasteiger partial charge on any atom is 0.303 e. The second-order valence-corrected chi connectivity index (χ2v) is 7.82. The molecule has 2 heterocycles. The number of aryl methyl sites for hydroxylation is 1. The van der Waals surface area contributed by atoms with Gasteiger partial charge >= 0.3 is 5.97 Å². The van der Waals surface area contributed by atoms with Crippen LogP contribution in [0.1, 0.15) is 75.6 Å². The third-order valence-corrected chi connectivity index (χ3v) is 5.77. The quantitative estimate of drug-likeness (QED) is 0.516. The molecule has 0 saturated heterocycles. The number of benzene rings is 1. The maximum atomic E-state index is 12.9. The molecule has 4 nitrogen and oxygen atoms in total. The van der Waals surface area contributed by atoms with E-state index in [1.807, 2.05) is 18.2 Å². The van der Waals surface area contributed by atoms with Gasteiger partial charge in [0.25, 0.3) is 0 Å². The van der Waals surface area contributed by atoms with E-state index in [1.54, 1.807) is 0 Å². The third-order valence-electron chi connectivity index (χ3n) is 5.77. The van der Waals surface area contributed by atoms with Gasteiger partial charge in [0.2, 0.25) is 0 Å². The van der Waals surface area contributed by atoms with E-state index in [-0.39, 0.29) is 18.1 Å². The first-order chi connectivity index (χ1) is 13.6. The van der Waals surface area contributed by atoms with Crippen molar-refractivity contribution >= 4 is 11.8 Å². The second-order valence-electron chi connectivity index (χ2n) is 7.82. The average molecular weight is 382 g/mol. The van der Waals surface area contributed by atoms with Crippen LogP contribution < -0.4 is 0 Å². The van der Waals surface area contributed by atoms with E-state index >= 15 is 0 Å². The lowest BCUT2D eigenvalue weighted by Crippen LogP contribution is -2.11. The van der Waals surface area contributed by atoms with Crippen molar-refractivity contribution in [3.8, 4) is 11.1 Å². The van der Waals surface area contributed by atoms with Crippen LogP contribution in [-0.4, -0.2) is 21.4 Å². The van der Waals surface area contributed by atoms with Gasteiger partial charge in [0.15, 0.2) is 0 Å². The number of hydrogen-bond acceptors (Lipinski definition) is 2. The van der Waals surface area contributed by atoms with Crippen molar-refractivity contribution in [2.75, 3.05) is 0 Å². The predicted molar refractivity (Wildman–Crippen MR) is 112 cm³/mol. The second kappa shape index (κ2) is 9.72. The number of unbranched alkanes of at least 4 members (excludes halogenated alkanes) is 3. The van der Waals surface area contributed by atoms with Gasteiger partial charge in [-0.05, 0) is 37.3 Å². The number of hydrogen-bond donors (Lipinski definition) is 1. The Bertz CT molecular complexity index is 807. The zero-order valence-corrected chi connectivity index (χ0v) is 16.8. The first-order valence-electron chi connectivity index (χ1n) is 10.6. The Morgan fingerprint density at radius 1 is 1.07 bits per heavy atom. The van der Waals surface area contributed by atoms with Crippen molar-refractivity contribution in [3.63, 3.8) is 0 Å². The highest BCUT2D eigenvalue weighted by atomic mass is 16.4. The van der Waals surface area contributed by atoms with E-state index in [0.717, 1.165) is 30.6 Å². The molecule has 4 heteroatoms. The molecule has 0 spiro atoms. The lowest BCUT2D eigenvalue weighted by atomic mass is 9.91. The zero-order chi connectivity index (χ0) is 19.9. The van der Waals surface area contributed by atoms with Crippen molar-refractivity contribution in [2.24, 2.45) is 0 Å². The zero-order valence-electron chi connectivity index (χ0n) is 16.8. The Labute approximate surface area is 167 Å². The normalized spacial score (nSPS) is 15.5. The van der Waals surface area contributed by atoms with E-state index in [4.69, 9.17) is 5.11 Å². The van der Waals surface area contributed by atoms with E-state index in [9.17, 15) is 9.59 Å².